The Morgan fingerprint density at radius 1 is 1.02 bits per heavy atom. The third kappa shape index (κ3) is 7.58. The molecular formula is C31H38ClF3N6O5S. The Balaban J connectivity index is 1.13. The minimum atomic E-state index is -4.88. The number of carbonyl (C=O) groups is 3. The topological polar surface area (TPSA) is 118 Å². The number of nitrogens with zero attached hydrogens (tertiary/aromatic N) is 4. The fourth-order valence-electron chi connectivity index (χ4n) is 6.92. The Morgan fingerprint density at radius 2 is 1.68 bits per heavy atom. The van der Waals surface area contributed by atoms with Crippen molar-refractivity contribution >= 4 is 46.7 Å². The zero-order chi connectivity index (χ0) is 33.3. The molecule has 4 amide bonds. The first-order chi connectivity index (χ1) is 22.5. The molecule has 3 saturated heterocycles. The maximum atomic E-state index is 13.9. The molecule has 1 atom stereocenters. The summed E-state index contributed by atoms with van der Waals surface area (Å²) in [4.78, 5) is 48.4. The van der Waals surface area contributed by atoms with Crippen molar-refractivity contribution < 1.29 is 37.4 Å². The molecular weight excluding hydrogens is 661 g/mol. The maximum absolute atomic E-state index is 13.9. The smallest absolute Gasteiger partial charge is 0.420 e. The fraction of sp³-hybridized carbons (Fsp3) is 0.581. The lowest BCUT2D eigenvalue weighted by atomic mass is 9.99. The van der Waals surface area contributed by atoms with E-state index in [0.29, 0.717) is 38.5 Å². The van der Waals surface area contributed by atoms with Crippen molar-refractivity contribution in [1.82, 2.24) is 24.9 Å². The molecule has 0 unspecified atom stereocenters. The molecule has 3 fully saturated rings. The zero-order valence-electron chi connectivity index (χ0n) is 25.7. The van der Waals surface area contributed by atoms with Gasteiger partial charge in [0.05, 0.1) is 22.8 Å². The first-order valence-electron chi connectivity index (χ1n) is 15.9. The Kier molecular flexibility index (Phi) is 10.1. The molecule has 16 heteroatoms. The number of hydrogen-bond donors (Lipinski definition) is 3. The maximum Gasteiger partial charge on any atom is 0.420 e. The highest BCUT2D eigenvalue weighted by atomic mass is 35.5. The summed E-state index contributed by atoms with van der Waals surface area (Å²) < 4.78 is 46.8. The van der Waals surface area contributed by atoms with Crippen LogP contribution in [0, 0.1) is 0 Å². The predicted octanol–water partition coefficient (Wildman–Crippen LogP) is 4.58. The van der Waals surface area contributed by atoms with Crippen LogP contribution in [0.2, 0.25) is 5.02 Å². The second kappa shape index (κ2) is 14.1. The summed E-state index contributed by atoms with van der Waals surface area (Å²) in [7, 11) is 0. The third-order valence-electron chi connectivity index (χ3n) is 9.54. The number of hydrogen-bond acceptors (Lipinski definition) is 8. The molecule has 2 aromatic rings. The average Bonchev–Trinajstić information content (AvgIpc) is 3.52. The predicted molar refractivity (Wildman–Crippen MR) is 170 cm³/mol. The number of thiophene rings is 1. The molecule has 0 saturated carbocycles. The van der Waals surface area contributed by atoms with Gasteiger partial charge in [-0.05, 0) is 54.8 Å². The van der Waals surface area contributed by atoms with Crippen LogP contribution in [0.4, 0.5) is 28.4 Å². The van der Waals surface area contributed by atoms with Gasteiger partial charge in [0.2, 0.25) is 0 Å². The summed E-state index contributed by atoms with van der Waals surface area (Å²) in [5, 5.41) is 17.6. The number of phenols is 1. The second-order valence-electron chi connectivity index (χ2n) is 12.4. The SMILES string of the molecule is O=C(O[C@H](Cc1cc(Cl)c(O)c(C(F)(F)F)c1)C(=O)N1CCC(N2CCNCC2)CC1)N1CCC(N2Cc3sccc3NC2=O)CC1. The van der Waals surface area contributed by atoms with Crippen molar-refractivity contribution in [3.63, 3.8) is 0 Å². The number of ether oxygens (including phenoxy) is 1. The number of likely N-dealkylation sites (tertiary alicyclic amines) is 2. The number of rotatable bonds is 6. The van der Waals surface area contributed by atoms with Gasteiger partial charge in [0.15, 0.2) is 6.10 Å². The summed E-state index contributed by atoms with van der Waals surface area (Å²) in [6.07, 6.45) is -4.90. The molecule has 47 heavy (non-hydrogen) atoms. The summed E-state index contributed by atoms with van der Waals surface area (Å²) in [5.41, 5.74) is -0.504. The van der Waals surface area contributed by atoms with Gasteiger partial charge in [-0.25, -0.2) is 9.59 Å². The van der Waals surface area contributed by atoms with Gasteiger partial charge in [-0.15, -0.1) is 11.3 Å². The highest BCUT2D eigenvalue weighted by Gasteiger charge is 2.39. The average molecular weight is 699 g/mol. The van der Waals surface area contributed by atoms with Gasteiger partial charge >= 0.3 is 18.3 Å². The van der Waals surface area contributed by atoms with E-state index in [1.807, 2.05) is 11.4 Å². The summed E-state index contributed by atoms with van der Waals surface area (Å²) >= 11 is 7.53. The van der Waals surface area contributed by atoms with E-state index in [2.05, 4.69) is 15.5 Å². The monoisotopic (exact) mass is 698 g/mol. The van der Waals surface area contributed by atoms with Crippen LogP contribution in [0.1, 0.15) is 41.7 Å². The fourth-order valence-corrected chi connectivity index (χ4v) is 7.99. The number of amides is 4. The number of piperazine rings is 1. The Morgan fingerprint density at radius 3 is 2.36 bits per heavy atom. The van der Waals surface area contributed by atoms with Gasteiger partial charge in [0.25, 0.3) is 5.91 Å². The lowest BCUT2D eigenvalue weighted by Gasteiger charge is -2.41. The second-order valence-corrected chi connectivity index (χ2v) is 13.8. The zero-order valence-corrected chi connectivity index (χ0v) is 27.3. The molecule has 0 spiro atoms. The quantitative estimate of drug-likeness (QED) is 0.405. The number of nitrogens with one attached hydrogen (secondary N) is 2. The van der Waals surface area contributed by atoms with Crippen LogP contribution in [0.25, 0.3) is 0 Å². The number of phenolic OH excluding ortho intramolecular Hbond substituents is 1. The molecule has 0 bridgehead atoms. The summed E-state index contributed by atoms with van der Waals surface area (Å²) in [6, 6.07) is 3.81. The first kappa shape index (κ1) is 33.6. The van der Waals surface area contributed by atoms with Crippen LogP contribution in [0.3, 0.4) is 0 Å². The van der Waals surface area contributed by atoms with Gasteiger partial charge in [0.1, 0.15) is 5.75 Å². The Labute approximate surface area is 279 Å². The lowest BCUT2D eigenvalue weighted by molar-refractivity contribution is -0.142. The number of fused-ring (bicyclic) bond motifs is 1. The largest absolute Gasteiger partial charge is 0.506 e. The van der Waals surface area contributed by atoms with Crippen molar-refractivity contribution in [2.24, 2.45) is 0 Å². The molecule has 4 aliphatic heterocycles. The van der Waals surface area contributed by atoms with Crippen LogP contribution in [0.5, 0.6) is 5.75 Å². The molecule has 6 rings (SSSR count). The molecule has 1 aromatic carbocycles. The Bertz CT molecular complexity index is 1470. The van der Waals surface area contributed by atoms with Crippen LogP contribution in [0.15, 0.2) is 23.6 Å². The van der Waals surface area contributed by atoms with Crippen LogP contribution in [-0.2, 0) is 28.7 Å². The van der Waals surface area contributed by atoms with E-state index in [1.165, 1.54) is 4.90 Å². The molecule has 1 aromatic heterocycles. The number of benzene rings is 1. The van der Waals surface area contributed by atoms with Gasteiger partial charge in [-0.1, -0.05) is 11.6 Å². The first-order valence-corrected chi connectivity index (χ1v) is 17.2. The van der Waals surface area contributed by atoms with Crippen LogP contribution in [-0.4, -0.2) is 113 Å². The lowest BCUT2D eigenvalue weighted by Crippen LogP contribution is -2.54. The number of halogens is 4. The van der Waals surface area contributed by atoms with Gasteiger partial charge in [0, 0.05) is 75.7 Å². The number of piperidine rings is 2. The normalized spacial score (nSPS) is 20.9. The minimum Gasteiger partial charge on any atom is -0.506 e. The summed E-state index contributed by atoms with van der Waals surface area (Å²) in [6.45, 7) is 5.59. The molecule has 11 nitrogen and oxygen atoms in total. The highest BCUT2D eigenvalue weighted by molar-refractivity contribution is 7.10. The van der Waals surface area contributed by atoms with E-state index in [0.717, 1.165) is 61.7 Å². The van der Waals surface area contributed by atoms with Gasteiger partial charge < -0.3 is 35.2 Å². The summed E-state index contributed by atoms with van der Waals surface area (Å²) in [5.74, 6) is -1.58. The van der Waals surface area contributed by atoms with E-state index >= 15 is 0 Å². The van der Waals surface area contributed by atoms with E-state index in [1.54, 1.807) is 21.1 Å². The van der Waals surface area contributed by atoms with Crippen molar-refractivity contribution in [1.29, 1.82) is 0 Å². The number of carbonyl (C=O) groups excluding carboxylic acids is 3. The van der Waals surface area contributed by atoms with E-state index in [4.69, 9.17) is 16.3 Å². The van der Waals surface area contributed by atoms with E-state index < -0.39 is 40.6 Å². The minimum absolute atomic E-state index is 0.00439. The number of anilines is 1. The number of aromatic hydroxyl groups is 1. The number of urea groups is 1. The van der Waals surface area contributed by atoms with Crippen molar-refractivity contribution in [2.75, 3.05) is 57.7 Å². The van der Waals surface area contributed by atoms with Gasteiger partial charge in [-0.2, -0.15) is 13.2 Å². The number of alkyl halides is 3. The van der Waals surface area contributed by atoms with Crippen molar-refractivity contribution in [3.8, 4) is 5.75 Å². The van der Waals surface area contributed by atoms with Crippen LogP contribution >= 0.6 is 22.9 Å². The highest BCUT2D eigenvalue weighted by Crippen LogP contribution is 2.41. The molecule has 256 valence electrons. The van der Waals surface area contributed by atoms with E-state index in [9.17, 15) is 32.7 Å². The molecule has 3 N–H and O–H groups in total. The van der Waals surface area contributed by atoms with Crippen LogP contribution < -0.4 is 10.6 Å². The van der Waals surface area contributed by atoms with Gasteiger partial charge in [-0.3, -0.25) is 9.69 Å². The molecule has 0 aliphatic carbocycles. The molecule has 4 aliphatic rings. The molecule has 0 radical (unpaired) electrons. The van der Waals surface area contributed by atoms with E-state index in [-0.39, 0.29) is 37.1 Å². The third-order valence-corrected chi connectivity index (χ3v) is 10.7. The standard InChI is InChI=1S/C31H38ClF3N6O5S/c32-23-16-19(15-22(27(23)42)31(33,34)35)17-25(28(43)39-8-1-20(2-9-39)38-12-6-36-7-13-38)46-30(45)40-10-3-21(4-11-40)41-18-26-24(5-14-47-26)37-29(41)44/h5,14-16,20-21,25,36,42H,1-4,6-13,17-18H2,(H,37,44)/t25-/m1/s1. The molecule has 5 heterocycles. The Hall–Kier alpha value is -3.27. The van der Waals surface area contributed by atoms with Crippen molar-refractivity contribution in [2.45, 2.75) is 63.0 Å². The van der Waals surface area contributed by atoms with Crippen molar-refractivity contribution in [3.05, 3.63) is 44.6 Å².